The van der Waals surface area contributed by atoms with Gasteiger partial charge in [-0.15, -0.1) is 0 Å². The lowest BCUT2D eigenvalue weighted by Gasteiger charge is -2.28. The highest BCUT2D eigenvalue weighted by Gasteiger charge is 2.47. The molecule has 2 N–H and O–H groups in total. The maximum absolute atomic E-state index is 12.1. The quantitative estimate of drug-likeness (QED) is 0.648. The first kappa shape index (κ1) is 20.1. The molecule has 0 saturated carbocycles. The number of carbonyl (C=O) groups excluding carboxylic acids is 2. The van der Waals surface area contributed by atoms with E-state index in [4.69, 9.17) is 9.47 Å². The van der Waals surface area contributed by atoms with Crippen LogP contribution in [0.2, 0.25) is 0 Å². The number of esters is 2. The first-order chi connectivity index (χ1) is 11.7. The van der Waals surface area contributed by atoms with Crippen LogP contribution in [0.4, 0.5) is 0 Å². The third kappa shape index (κ3) is 4.33. The summed E-state index contributed by atoms with van der Waals surface area (Å²) in [5.41, 5.74) is -1.92. The van der Waals surface area contributed by atoms with Gasteiger partial charge in [-0.25, -0.2) is 4.79 Å². The molecule has 144 valence electrons. The van der Waals surface area contributed by atoms with E-state index < -0.39 is 17.7 Å². The first-order valence-electron chi connectivity index (χ1n) is 9.20. The van der Waals surface area contributed by atoms with Crippen LogP contribution < -0.4 is 0 Å². The predicted molar refractivity (Wildman–Crippen MR) is 90.7 cm³/mol. The lowest BCUT2D eigenvalue weighted by Crippen LogP contribution is -2.47. The Morgan fingerprint density at radius 2 is 1.92 bits per heavy atom. The third-order valence-electron chi connectivity index (χ3n) is 5.71. The Kier molecular flexibility index (Phi) is 6.45. The van der Waals surface area contributed by atoms with E-state index in [1.165, 1.54) is 13.8 Å². The summed E-state index contributed by atoms with van der Waals surface area (Å²) in [4.78, 5) is 26.4. The van der Waals surface area contributed by atoms with Gasteiger partial charge in [-0.3, -0.25) is 9.69 Å². The number of rotatable bonds is 7. The van der Waals surface area contributed by atoms with Crippen molar-refractivity contribution in [3.63, 3.8) is 0 Å². The average molecular weight is 357 g/mol. The number of fused-ring (bicyclic) bond motifs is 1. The highest BCUT2D eigenvalue weighted by atomic mass is 16.6. The zero-order valence-electron chi connectivity index (χ0n) is 15.6. The monoisotopic (exact) mass is 357 g/mol. The normalized spacial score (nSPS) is 31.0. The van der Waals surface area contributed by atoms with Gasteiger partial charge < -0.3 is 19.7 Å². The average Bonchev–Trinajstić information content (AvgIpc) is 3.14. The molecule has 2 aliphatic rings. The Morgan fingerprint density at radius 1 is 1.28 bits per heavy atom. The number of ether oxygens (including phenoxy) is 2. The fraction of sp³-hybridized carbons (Fsp3) is 0.889. The van der Waals surface area contributed by atoms with Crippen molar-refractivity contribution in [2.24, 2.45) is 11.8 Å². The fourth-order valence-electron chi connectivity index (χ4n) is 3.45. The van der Waals surface area contributed by atoms with E-state index in [-0.39, 0.29) is 36.6 Å². The Balaban J connectivity index is 1.94. The smallest absolute Gasteiger partial charge is 0.340 e. The number of hydrogen-bond acceptors (Lipinski definition) is 7. The van der Waals surface area contributed by atoms with Crippen molar-refractivity contribution in [1.82, 2.24) is 4.90 Å². The summed E-state index contributed by atoms with van der Waals surface area (Å²) in [5.74, 6) is -1.06. The molecular formula is C18H31NO6. The minimum Gasteiger partial charge on any atom is -0.463 e. The molecule has 0 bridgehead atoms. The van der Waals surface area contributed by atoms with Crippen LogP contribution in [0.3, 0.4) is 0 Å². The minimum absolute atomic E-state index is 0.0531. The second-order valence-corrected chi connectivity index (χ2v) is 7.57. The van der Waals surface area contributed by atoms with Gasteiger partial charge in [0.2, 0.25) is 0 Å². The molecule has 7 heteroatoms. The van der Waals surface area contributed by atoms with E-state index in [0.29, 0.717) is 0 Å². The van der Waals surface area contributed by atoms with Crippen molar-refractivity contribution < 1.29 is 29.3 Å². The third-order valence-corrected chi connectivity index (χ3v) is 5.71. The molecule has 2 unspecified atom stereocenters. The van der Waals surface area contributed by atoms with Gasteiger partial charge in [0.05, 0.1) is 24.7 Å². The fourth-order valence-corrected chi connectivity index (χ4v) is 3.45. The van der Waals surface area contributed by atoms with Crippen molar-refractivity contribution in [1.29, 1.82) is 0 Å². The molecule has 0 aliphatic carbocycles. The summed E-state index contributed by atoms with van der Waals surface area (Å²) in [7, 11) is 0. The summed E-state index contributed by atoms with van der Waals surface area (Å²) in [6.45, 7) is 8.32. The molecule has 0 aromatic carbocycles. The number of carbonyl (C=O) groups is 2. The van der Waals surface area contributed by atoms with Gasteiger partial charge in [0, 0.05) is 12.5 Å². The Bertz CT molecular complexity index is 492. The molecule has 0 radical (unpaired) electrons. The molecule has 2 heterocycles. The van der Waals surface area contributed by atoms with Crippen LogP contribution in [-0.2, 0) is 19.1 Å². The zero-order valence-corrected chi connectivity index (χ0v) is 15.6. The van der Waals surface area contributed by atoms with Crippen LogP contribution in [0.1, 0.15) is 47.0 Å². The number of aliphatic hydroxyl groups excluding tert-OH is 1. The topological polar surface area (TPSA) is 96.3 Å². The summed E-state index contributed by atoms with van der Waals surface area (Å²) in [6.07, 6.45) is 1.00. The van der Waals surface area contributed by atoms with Crippen LogP contribution in [0.25, 0.3) is 0 Å². The molecule has 2 saturated heterocycles. The highest BCUT2D eigenvalue weighted by Crippen LogP contribution is 2.35. The first-order valence-corrected chi connectivity index (χ1v) is 9.20. The van der Waals surface area contributed by atoms with Gasteiger partial charge in [0.15, 0.2) is 5.60 Å². The maximum atomic E-state index is 12.1. The van der Waals surface area contributed by atoms with Gasteiger partial charge in [0.1, 0.15) is 6.10 Å². The van der Waals surface area contributed by atoms with Crippen molar-refractivity contribution >= 4 is 11.9 Å². The van der Waals surface area contributed by atoms with Crippen LogP contribution in [0.5, 0.6) is 0 Å². The zero-order chi connectivity index (χ0) is 18.8. The van der Waals surface area contributed by atoms with Gasteiger partial charge in [-0.1, -0.05) is 13.8 Å². The van der Waals surface area contributed by atoms with E-state index in [2.05, 4.69) is 4.90 Å². The van der Waals surface area contributed by atoms with Gasteiger partial charge >= 0.3 is 11.9 Å². The van der Waals surface area contributed by atoms with E-state index in [9.17, 15) is 19.8 Å². The molecule has 0 aromatic rings. The van der Waals surface area contributed by atoms with Crippen molar-refractivity contribution in [3.05, 3.63) is 0 Å². The molecule has 2 rings (SSSR count). The van der Waals surface area contributed by atoms with E-state index in [1.54, 1.807) is 0 Å². The van der Waals surface area contributed by atoms with Gasteiger partial charge in [-0.2, -0.15) is 0 Å². The van der Waals surface area contributed by atoms with Crippen LogP contribution in [-0.4, -0.2) is 70.6 Å². The lowest BCUT2D eigenvalue weighted by atomic mass is 9.96. The van der Waals surface area contributed by atoms with Crippen molar-refractivity contribution in [2.75, 3.05) is 19.7 Å². The standard InChI is InChI=1S/C18H31NO6/c1-5-11(2)16(21)25-14-7-9-19-8-6-13(15(14)19)10-24-17(22)18(4,23)12(3)20/h11-15,20,23H,5-10H2,1-4H3/t11?,12-,13+,14+,15?,18-/m0/s1. The van der Waals surface area contributed by atoms with Gasteiger partial charge in [0.25, 0.3) is 0 Å². The summed E-state index contributed by atoms with van der Waals surface area (Å²) < 4.78 is 11.0. The predicted octanol–water partition coefficient (Wildman–Crippen LogP) is 0.714. The largest absolute Gasteiger partial charge is 0.463 e. The number of aliphatic hydroxyl groups is 2. The maximum Gasteiger partial charge on any atom is 0.340 e. The molecule has 2 fully saturated rings. The second kappa shape index (κ2) is 8.01. The molecular weight excluding hydrogens is 326 g/mol. The highest BCUT2D eigenvalue weighted by molar-refractivity contribution is 5.79. The van der Waals surface area contributed by atoms with E-state index in [0.717, 1.165) is 32.4 Å². The van der Waals surface area contributed by atoms with Crippen LogP contribution >= 0.6 is 0 Å². The van der Waals surface area contributed by atoms with Gasteiger partial charge in [-0.05, 0) is 39.7 Å². The minimum atomic E-state index is -1.92. The summed E-state index contributed by atoms with van der Waals surface area (Å²) >= 11 is 0. The molecule has 25 heavy (non-hydrogen) atoms. The molecule has 6 atom stereocenters. The molecule has 0 amide bonds. The Labute approximate surface area is 149 Å². The van der Waals surface area contributed by atoms with Crippen molar-refractivity contribution in [3.8, 4) is 0 Å². The second-order valence-electron chi connectivity index (χ2n) is 7.57. The summed E-state index contributed by atoms with van der Waals surface area (Å²) in [6, 6.07) is 0.0531. The number of nitrogens with zero attached hydrogens (tertiary/aromatic N) is 1. The van der Waals surface area contributed by atoms with Crippen LogP contribution in [0.15, 0.2) is 0 Å². The lowest BCUT2D eigenvalue weighted by molar-refractivity contribution is -0.176. The van der Waals surface area contributed by atoms with E-state index >= 15 is 0 Å². The molecule has 2 aliphatic heterocycles. The Morgan fingerprint density at radius 3 is 2.52 bits per heavy atom. The molecule has 0 spiro atoms. The molecule has 0 aromatic heterocycles. The number of hydrogen-bond donors (Lipinski definition) is 2. The van der Waals surface area contributed by atoms with Crippen LogP contribution in [0, 0.1) is 11.8 Å². The Hall–Kier alpha value is -1.18. The molecule has 7 nitrogen and oxygen atoms in total. The SMILES string of the molecule is CCC(C)C(=O)O[C@@H]1CCN2CC[C@H](COC(=O)[C@@](C)(O)[C@H](C)O)C12. The summed E-state index contributed by atoms with van der Waals surface area (Å²) in [5, 5.41) is 19.5. The van der Waals surface area contributed by atoms with E-state index in [1.807, 2.05) is 13.8 Å². The van der Waals surface area contributed by atoms with Crippen molar-refractivity contribution in [2.45, 2.75) is 70.8 Å².